The third kappa shape index (κ3) is 5.15. The lowest BCUT2D eigenvalue weighted by Crippen LogP contribution is -2.81. The van der Waals surface area contributed by atoms with E-state index in [4.69, 9.17) is 4.74 Å². The number of nitriles is 1. The lowest BCUT2D eigenvalue weighted by Gasteiger charge is -2.70. The Morgan fingerprint density at radius 3 is 2.48 bits per heavy atom. The van der Waals surface area contributed by atoms with Gasteiger partial charge in [0.15, 0.2) is 0 Å². The summed E-state index contributed by atoms with van der Waals surface area (Å²) in [5.41, 5.74) is 3.44. The predicted octanol–water partition coefficient (Wildman–Crippen LogP) is 2.64. The summed E-state index contributed by atoms with van der Waals surface area (Å²) >= 11 is 0. The van der Waals surface area contributed by atoms with E-state index in [1.54, 1.807) is 23.7 Å². The number of pyridine rings is 1. The lowest BCUT2D eigenvalue weighted by molar-refractivity contribution is -0.140. The maximum Gasteiger partial charge on any atom is 0.255 e. The van der Waals surface area contributed by atoms with Crippen LogP contribution in [-0.4, -0.2) is 80.6 Å². The molecule has 3 amide bonds. The number of nitrogens with one attached hydrogen (secondary N) is 3. The van der Waals surface area contributed by atoms with E-state index in [-0.39, 0.29) is 40.8 Å². The second-order valence-corrected chi connectivity index (χ2v) is 12.9. The van der Waals surface area contributed by atoms with Crippen LogP contribution in [0.1, 0.15) is 67.8 Å². The van der Waals surface area contributed by atoms with Crippen molar-refractivity contribution < 1.29 is 19.1 Å². The van der Waals surface area contributed by atoms with Crippen molar-refractivity contribution in [2.75, 3.05) is 31.6 Å². The SMILES string of the molecule is CC(=O)NC12CC(Nc3cc(-c4ccc5cc(C#N)cnn45)ncc3C(=O)N[C@H]3CC[C@H](C(=O)N4CCOCC4)CC3)(C1)C2. The smallest absolute Gasteiger partial charge is 0.255 e. The van der Waals surface area contributed by atoms with E-state index in [0.717, 1.165) is 56.2 Å². The molecule has 5 aliphatic rings. The molecule has 4 aliphatic carbocycles. The molecule has 1 aliphatic heterocycles. The Morgan fingerprint density at radius 1 is 1.02 bits per heavy atom. The van der Waals surface area contributed by atoms with Crippen LogP contribution < -0.4 is 16.0 Å². The average molecular weight is 597 g/mol. The molecular formula is C32H36N8O4. The van der Waals surface area contributed by atoms with Crippen LogP contribution in [0.4, 0.5) is 5.69 Å². The van der Waals surface area contributed by atoms with Crippen LogP contribution in [-0.2, 0) is 14.3 Å². The van der Waals surface area contributed by atoms with E-state index < -0.39 is 0 Å². The van der Waals surface area contributed by atoms with Gasteiger partial charge in [0.25, 0.3) is 5.91 Å². The summed E-state index contributed by atoms with van der Waals surface area (Å²) in [6.07, 6.45) is 8.51. The van der Waals surface area contributed by atoms with Gasteiger partial charge < -0.3 is 25.6 Å². The van der Waals surface area contributed by atoms with Crippen LogP contribution in [0.2, 0.25) is 0 Å². The largest absolute Gasteiger partial charge is 0.379 e. The molecule has 0 aromatic carbocycles. The summed E-state index contributed by atoms with van der Waals surface area (Å²) in [5, 5.41) is 23.6. The fraction of sp³-hybridized carbons (Fsp3) is 0.500. The third-order valence-corrected chi connectivity index (χ3v) is 9.65. The van der Waals surface area contributed by atoms with Crippen LogP contribution in [0, 0.1) is 17.2 Å². The van der Waals surface area contributed by atoms with Crippen LogP contribution in [0.15, 0.2) is 36.7 Å². The summed E-state index contributed by atoms with van der Waals surface area (Å²) in [5.74, 6) is -0.0295. The number of morpholine rings is 1. The lowest BCUT2D eigenvalue weighted by atomic mass is 9.44. The maximum absolute atomic E-state index is 13.7. The van der Waals surface area contributed by atoms with Gasteiger partial charge in [0, 0.05) is 49.2 Å². The Labute approximate surface area is 255 Å². The number of hydrogen-bond acceptors (Lipinski definition) is 8. The van der Waals surface area contributed by atoms with Crippen molar-refractivity contribution in [1.29, 1.82) is 5.26 Å². The predicted molar refractivity (Wildman–Crippen MR) is 161 cm³/mol. The monoisotopic (exact) mass is 596 g/mol. The van der Waals surface area contributed by atoms with Gasteiger partial charge in [0.05, 0.1) is 53.1 Å². The molecule has 12 nitrogen and oxygen atoms in total. The summed E-state index contributed by atoms with van der Waals surface area (Å²) in [6.45, 7) is 4.03. The van der Waals surface area contributed by atoms with Crippen molar-refractivity contribution in [3.63, 3.8) is 0 Å². The number of fused-ring (bicyclic) bond motifs is 1. The molecule has 44 heavy (non-hydrogen) atoms. The Hall–Kier alpha value is -4.50. The normalized spacial score (nSPS) is 27.4. The van der Waals surface area contributed by atoms with Gasteiger partial charge in [-0.05, 0) is 69.2 Å². The highest BCUT2D eigenvalue weighted by Gasteiger charge is 2.68. The van der Waals surface area contributed by atoms with E-state index in [0.29, 0.717) is 48.8 Å². The van der Waals surface area contributed by atoms with Crippen LogP contribution in [0.5, 0.6) is 0 Å². The van der Waals surface area contributed by atoms with E-state index in [1.807, 2.05) is 23.1 Å². The van der Waals surface area contributed by atoms with Gasteiger partial charge in [-0.15, -0.1) is 0 Å². The number of carbonyl (C=O) groups excluding carboxylic acids is 3. The molecule has 4 heterocycles. The number of hydrogen-bond donors (Lipinski definition) is 3. The molecule has 3 aromatic heterocycles. The van der Waals surface area contributed by atoms with Gasteiger partial charge >= 0.3 is 0 Å². The molecule has 3 N–H and O–H groups in total. The molecule has 3 aromatic rings. The van der Waals surface area contributed by atoms with Gasteiger partial charge in [0.1, 0.15) is 6.07 Å². The number of amides is 3. The molecule has 0 spiro atoms. The molecule has 0 radical (unpaired) electrons. The summed E-state index contributed by atoms with van der Waals surface area (Å²) in [7, 11) is 0. The Bertz CT molecular complexity index is 1660. The zero-order chi connectivity index (χ0) is 30.5. The Balaban J connectivity index is 1.09. The van der Waals surface area contributed by atoms with Gasteiger partial charge in [-0.2, -0.15) is 10.4 Å². The second-order valence-electron chi connectivity index (χ2n) is 12.9. The van der Waals surface area contributed by atoms with Crippen LogP contribution >= 0.6 is 0 Å². The number of anilines is 1. The first-order valence-electron chi connectivity index (χ1n) is 15.4. The Kier molecular flexibility index (Phi) is 7.00. The van der Waals surface area contributed by atoms with E-state index in [2.05, 4.69) is 32.1 Å². The van der Waals surface area contributed by atoms with Gasteiger partial charge in [-0.25, -0.2) is 4.52 Å². The number of nitrogens with zero attached hydrogens (tertiary/aromatic N) is 5. The van der Waals surface area contributed by atoms with Crippen molar-refractivity contribution in [3.8, 4) is 17.5 Å². The molecule has 2 bridgehead atoms. The third-order valence-electron chi connectivity index (χ3n) is 9.65. The average Bonchev–Trinajstić information content (AvgIpc) is 3.43. The highest BCUT2D eigenvalue weighted by Crippen LogP contribution is 2.62. The minimum atomic E-state index is -0.200. The minimum absolute atomic E-state index is 0.00522. The van der Waals surface area contributed by atoms with Crippen LogP contribution in [0.3, 0.4) is 0 Å². The summed E-state index contributed by atoms with van der Waals surface area (Å²) < 4.78 is 7.12. The number of carbonyl (C=O) groups is 3. The van der Waals surface area contributed by atoms with E-state index in [1.165, 1.54) is 6.20 Å². The molecule has 4 saturated carbocycles. The molecule has 12 heteroatoms. The standard InChI is InChI=1S/C32H36N8O4/c1-20(41)37-31-17-32(18-31,19-31)38-26-13-27(28-7-6-24-12-21(14-33)15-35-40(24)28)34-16-25(26)29(42)36-23-4-2-22(3-5-23)30(43)39-8-10-44-11-9-39/h6-7,12-13,15-16,22-23H,2-5,8-11,17-19H2,1H3,(H,34,38)(H,36,42)(H,37,41)/t22-,23-,31?,32?. The highest BCUT2D eigenvalue weighted by molar-refractivity contribution is 6.00. The molecule has 0 unspecified atom stereocenters. The van der Waals surface area contributed by atoms with Gasteiger partial charge in [0.2, 0.25) is 11.8 Å². The molecule has 5 fully saturated rings. The first-order valence-corrected chi connectivity index (χ1v) is 15.4. The van der Waals surface area contributed by atoms with Crippen LogP contribution in [0.25, 0.3) is 16.9 Å². The molecule has 8 rings (SSSR count). The molecule has 0 atom stereocenters. The number of rotatable bonds is 7. The quantitative estimate of drug-likeness (QED) is 0.376. The van der Waals surface area contributed by atoms with Crippen molar-refractivity contribution in [1.82, 2.24) is 30.1 Å². The first-order chi connectivity index (χ1) is 21.3. The maximum atomic E-state index is 13.7. The fourth-order valence-corrected chi connectivity index (χ4v) is 7.64. The molecule has 228 valence electrons. The molecular weight excluding hydrogens is 560 g/mol. The van der Waals surface area contributed by atoms with E-state index >= 15 is 0 Å². The first kappa shape index (κ1) is 28.3. The minimum Gasteiger partial charge on any atom is -0.379 e. The number of ether oxygens (including phenoxy) is 1. The summed E-state index contributed by atoms with van der Waals surface area (Å²) in [4.78, 5) is 44.9. The zero-order valence-electron chi connectivity index (χ0n) is 24.8. The number of aromatic nitrogens is 3. The topological polar surface area (TPSA) is 154 Å². The van der Waals surface area contributed by atoms with Crippen molar-refractivity contribution in [2.45, 2.75) is 69.0 Å². The zero-order valence-corrected chi connectivity index (χ0v) is 24.8. The second kappa shape index (κ2) is 10.9. The van der Waals surface area contributed by atoms with Gasteiger partial charge in [-0.1, -0.05) is 0 Å². The highest BCUT2D eigenvalue weighted by atomic mass is 16.5. The Morgan fingerprint density at radius 2 is 1.77 bits per heavy atom. The van der Waals surface area contributed by atoms with Crippen molar-refractivity contribution in [2.24, 2.45) is 5.92 Å². The van der Waals surface area contributed by atoms with Gasteiger partial charge in [-0.3, -0.25) is 19.4 Å². The van der Waals surface area contributed by atoms with Crippen molar-refractivity contribution in [3.05, 3.63) is 47.8 Å². The fourth-order valence-electron chi connectivity index (χ4n) is 7.64. The molecule has 1 saturated heterocycles. The van der Waals surface area contributed by atoms with Crippen molar-refractivity contribution >= 4 is 28.9 Å². The summed E-state index contributed by atoms with van der Waals surface area (Å²) in [6, 6.07) is 9.54. The van der Waals surface area contributed by atoms with E-state index in [9.17, 15) is 19.6 Å².